The van der Waals surface area contributed by atoms with E-state index in [9.17, 15) is 4.79 Å². The molecule has 124 valence electrons. The van der Waals surface area contributed by atoms with Gasteiger partial charge in [-0.25, -0.2) is 0 Å². The number of likely N-dealkylation sites (tertiary alicyclic amines) is 1. The molecule has 0 aromatic heterocycles. The minimum Gasteiger partial charge on any atom is -0.368 e. The summed E-state index contributed by atoms with van der Waals surface area (Å²) >= 11 is 9.86. The van der Waals surface area contributed by atoms with Crippen LogP contribution in [0, 0.1) is 0 Å². The van der Waals surface area contributed by atoms with E-state index in [2.05, 4.69) is 15.9 Å². The van der Waals surface area contributed by atoms with Crippen LogP contribution in [0.3, 0.4) is 0 Å². The van der Waals surface area contributed by atoms with Crippen LogP contribution in [0.5, 0.6) is 0 Å². The Morgan fingerprint density at radius 1 is 1.29 bits per heavy atom. The number of halogens is 2. The number of amides is 1. The van der Waals surface area contributed by atoms with E-state index < -0.39 is 5.60 Å². The molecule has 2 aliphatic heterocycles. The van der Waals surface area contributed by atoms with Gasteiger partial charge in [0.05, 0.1) is 29.7 Å². The first-order chi connectivity index (χ1) is 11.5. The number of fused-ring (bicyclic) bond motifs is 3. The van der Waals surface area contributed by atoms with E-state index in [1.54, 1.807) is 0 Å². The van der Waals surface area contributed by atoms with Gasteiger partial charge in [0, 0.05) is 16.6 Å². The van der Waals surface area contributed by atoms with Crippen molar-refractivity contribution in [3.05, 3.63) is 68.7 Å². The number of rotatable bonds is 2. The van der Waals surface area contributed by atoms with Crippen molar-refractivity contribution in [3.8, 4) is 0 Å². The summed E-state index contributed by atoms with van der Waals surface area (Å²) in [7, 11) is 0. The molecule has 1 fully saturated rings. The van der Waals surface area contributed by atoms with Crippen molar-refractivity contribution < 1.29 is 9.53 Å². The third-order valence-corrected chi connectivity index (χ3v) is 6.30. The minimum atomic E-state index is -0.504. The molecule has 5 heteroatoms. The van der Waals surface area contributed by atoms with Crippen molar-refractivity contribution in [2.24, 2.45) is 0 Å². The van der Waals surface area contributed by atoms with E-state index in [0.29, 0.717) is 24.7 Å². The van der Waals surface area contributed by atoms with Gasteiger partial charge >= 0.3 is 0 Å². The topological polar surface area (TPSA) is 29.5 Å². The molecule has 2 aliphatic rings. The van der Waals surface area contributed by atoms with E-state index in [1.165, 1.54) is 0 Å². The van der Waals surface area contributed by atoms with Crippen molar-refractivity contribution in [2.75, 3.05) is 6.54 Å². The maximum atomic E-state index is 13.1. The highest BCUT2D eigenvalue weighted by Crippen LogP contribution is 2.48. The molecule has 0 aliphatic carbocycles. The largest absolute Gasteiger partial charge is 0.368 e. The molecule has 0 N–H and O–H groups in total. The fourth-order valence-electron chi connectivity index (χ4n) is 3.78. The maximum Gasteiger partial charge on any atom is 0.233 e. The summed E-state index contributed by atoms with van der Waals surface area (Å²) in [6.45, 7) is 3.67. The second kappa shape index (κ2) is 5.87. The SMILES string of the molecule is C[C@@]12CN(Cc3ccccc3)C(=O)[C@@H]1c1ccc(Br)c(Cl)c1CO2. The van der Waals surface area contributed by atoms with E-state index in [4.69, 9.17) is 16.3 Å². The smallest absolute Gasteiger partial charge is 0.233 e. The maximum absolute atomic E-state index is 13.1. The molecule has 24 heavy (non-hydrogen) atoms. The van der Waals surface area contributed by atoms with Crippen LogP contribution in [0.2, 0.25) is 5.02 Å². The lowest BCUT2D eigenvalue weighted by atomic mass is 9.81. The van der Waals surface area contributed by atoms with Gasteiger partial charge in [-0.15, -0.1) is 0 Å². The van der Waals surface area contributed by atoms with Gasteiger partial charge in [0.15, 0.2) is 0 Å². The zero-order valence-corrected chi connectivity index (χ0v) is 15.6. The zero-order valence-electron chi connectivity index (χ0n) is 13.3. The Balaban J connectivity index is 1.70. The minimum absolute atomic E-state index is 0.112. The molecule has 0 spiro atoms. The summed E-state index contributed by atoms with van der Waals surface area (Å²) < 4.78 is 6.96. The Morgan fingerprint density at radius 2 is 2.04 bits per heavy atom. The Bertz CT molecular complexity index is 811. The van der Waals surface area contributed by atoms with Crippen LogP contribution in [0.15, 0.2) is 46.9 Å². The van der Waals surface area contributed by atoms with Crippen molar-refractivity contribution in [1.82, 2.24) is 4.90 Å². The third kappa shape index (κ3) is 2.48. The first-order valence-electron chi connectivity index (χ1n) is 7.93. The van der Waals surface area contributed by atoms with Gasteiger partial charge in [0.2, 0.25) is 5.91 Å². The molecule has 1 amide bonds. The van der Waals surface area contributed by atoms with Crippen molar-refractivity contribution in [3.63, 3.8) is 0 Å². The van der Waals surface area contributed by atoms with Crippen LogP contribution in [-0.4, -0.2) is 23.0 Å². The van der Waals surface area contributed by atoms with Crippen molar-refractivity contribution in [1.29, 1.82) is 0 Å². The summed E-state index contributed by atoms with van der Waals surface area (Å²) in [6.07, 6.45) is 0. The molecule has 0 radical (unpaired) electrons. The molecule has 2 heterocycles. The van der Waals surface area contributed by atoms with E-state index >= 15 is 0 Å². The predicted octanol–water partition coefficient (Wildman–Crippen LogP) is 4.52. The molecule has 3 nitrogen and oxygen atoms in total. The normalized spacial score (nSPS) is 25.5. The van der Waals surface area contributed by atoms with Gasteiger partial charge < -0.3 is 9.64 Å². The number of carbonyl (C=O) groups is 1. The molecule has 0 unspecified atom stereocenters. The summed E-state index contributed by atoms with van der Waals surface area (Å²) in [4.78, 5) is 15.0. The molecular formula is C19H17BrClNO2. The van der Waals surface area contributed by atoms with Crippen LogP contribution in [0.4, 0.5) is 0 Å². The summed E-state index contributed by atoms with van der Waals surface area (Å²) in [6, 6.07) is 14.0. The molecule has 0 saturated carbocycles. The van der Waals surface area contributed by atoms with Gasteiger partial charge in [-0.05, 0) is 40.0 Å². The van der Waals surface area contributed by atoms with Crippen LogP contribution < -0.4 is 0 Å². The van der Waals surface area contributed by atoms with Gasteiger partial charge in [-0.3, -0.25) is 4.79 Å². The zero-order chi connectivity index (χ0) is 16.9. The van der Waals surface area contributed by atoms with Crippen molar-refractivity contribution >= 4 is 33.4 Å². The molecular weight excluding hydrogens is 390 g/mol. The van der Waals surface area contributed by atoms with Crippen LogP contribution in [0.1, 0.15) is 29.5 Å². The first-order valence-corrected chi connectivity index (χ1v) is 9.10. The molecule has 2 atom stereocenters. The summed E-state index contributed by atoms with van der Waals surface area (Å²) in [5, 5.41) is 0.642. The number of nitrogens with zero attached hydrogens (tertiary/aromatic N) is 1. The Kier molecular flexibility index (Phi) is 3.94. The monoisotopic (exact) mass is 405 g/mol. The molecule has 1 saturated heterocycles. The van der Waals surface area contributed by atoms with Crippen LogP contribution >= 0.6 is 27.5 Å². The lowest BCUT2D eigenvalue weighted by Gasteiger charge is -2.36. The molecule has 4 rings (SSSR count). The Labute approximate surface area is 154 Å². The van der Waals surface area contributed by atoms with Gasteiger partial charge in [0.1, 0.15) is 0 Å². The number of hydrogen-bond acceptors (Lipinski definition) is 2. The fraction of sp³-hybridized carbons (Fsp3) is 0.316. The molecule has 2 aromatic carbocycles. The fourth-order valence-corrected chi connectivity index (χ4v) is 4.38. The average molecular weight is 407 g/mol. The van der Waals surface area contributed by atoms with E-state index in [-0.39, 0.29) is 11.8 Å². The first kappa shape index (κ1) is 16.1. The lowest BCUT2D eigenvalue weighted by Crippen LogP contribution is -2.40. The summed E-state index contributed by atoms with van der Waals surface area (Å²) in [5.41, 5.74) is 2.54. The Hall–Kier alpha value is -1.36. The second-order valence-electron chi connectivity index (χ2n) is 6.64. The number of carbonyl (C=O) groups excluding carboxylic acids is 1. The lowest BCUT2D eigenvalue weighted by molar-refractivity contribution is -0.131. The highest BCUT2D eigenvalue weighted by atomic mass is 79.9. The number of benzene rings is 2. The predicted molar refractivity (Wildman–Crippen MR) is 96.9 cm³/mol. The molecule has 2 aromatic rings. The number of ether oxygens (including phenoxy) is 1. The summed E-state index contributed by atoms with van der Waals surface area (Å²) in [5.74, 6) is -0.184. The number of hydrogen-bond donors (Lipinski definition) is 0. The Morgan fingerprint density at radius 3 is 2.79 bits per heavy atom. The van der Waals surface area contributed by atoms with Gasteiger partial charge in [0.25, 0.3) is 0 Å². The second-order valence-corrected chi connectivity index (χ2v) is 7.88. The standard InChI is InChI=1S/C19H17BrClNO2/c1-19-11-22(9-12-5-3-2-4-6-12)18(23)16(19)13-7-8-15(20)17(21)14(13)10-24-19/h2-8,16H,9-11H2,1H3/t16-,19+/m0/s1. The highest BCUT2D eigenvalue weighted by molar-refractivity contribution is 9.10. The quantitative estimate of drug-likeness (QED) is 0.734. The van der Waals surface area contributed by atoms with Gasteiger partial charge in [-0.2, -0.15) is 0 Å². The highest BCUT2D eigenvalue weighted by Gasteiger charge is 2.53. The van der Waals surface area contributed by atoms with Gasteiger partial charge in [-0.1, -0.05) is 48.0 Å². The van der Waals surface area contributed by atoms with Crippen molar-refractivity contribution in [2.45, 2.75) is 31.6 Å². The van der Waals surface area contributed by atoms with E-state index in [0.717, 1.165) is 21.2 Å². The molecule has 0 bridgehead atoms. The average Bonchev–Trinajstić information content (AvgIpc) is 2.83. The van der Waals surface area contributed by atoms with Crippen LogP contribution in [0.25, 0.3) is 0 Å². The third-order valence-electron chi connectivity index (χ3n) is 4.98. The van der Waals surface area contributed by atoms with Crippen LogP contribution in [-0.2, 0) is 22.7 Å². The van der Waals surface area contributed by atoms with E-state index in [1.807, 2.05) is 54.3 Å².